The Bertz CT molecular complexity index is 649. The Morgan fingerprint density at radius 2 is 1.81 bits per heavy atom. The third kappa shape index (κ3) is 3.60. The topological polar surface area (TPSA) is 72.8 Å². The van der Waals surface area contributed by atoms with E-state index in [9.17, 15) is 9.59 Å². The fourth-order valence-electron chi connectivity index (χ4n) is 1.79. The number of hydrogen-bond donors (Lipinski definition) is 1. The summed E-state index contributed by atoms with van der Waals surface area (Å²) in [4.78, 5) is 22.7. The summed E-state index contributed by atoms with van der Waals surface area (Å²) < 4.78 is 10.2. The molecule has 0 aromatic heterocycles. The molecule has 2 aromatic carbocycles. The van der Waals surface area contributed by atoms with Crippen LogP contribution in [0.1, 0.15) is 26.3 Å². The number of esters is 1. The zero-order chi connectivity index (χ0) is 15.2. The number of rotatable bonds is 5. The van der Waals surface area contributed by atoms with Gasteiger partial charge in [0, 0.05) is 0 Å². The summed E-state index contributed by atoms with van der Waals surface area (Å²) in [6, 6.07) is 13.4. The number of carboxylic acids is 1. The SMILES string of the molecule is COC(=O)c1ccc(C(=O)O)cc1OCc1ccccc1. The summed E-state index contributed by atoms with van der Waals surface area (Å²) in [7, 11) is 1.26. The molecule has 0 amide bonds. The van der Waals surface area contributed by atoms with Gasteiger partial charge in [0.05, 0.1) is 12.7 Å². The van der Waals surface area contributed by atoms with Crippen molar-refractivity contribution in [3.8, 4) is 5.75 Å². The molecule has 0 saturated heterocycles. The molecule has 0 aliphatic carbocycles. The van der Waals surface area contributed by atoms with Crippen molar-refractivity contribution in [2.24, 2.45) is 0 Å². The van der Waals surface area contributed by atoms with E-state index in [0.29, 0.717) is 0 Å². The van der Waals surface area contributed by atoms with E-state index < -0.39 is 11.9 Å². The van der Waals surface area contributed by atoms with Gasteiger partial charge >= 0.3 is 11.9 Å². The molecule has 108 valence electrons. The average Bonchev–Trinajstić information content (AvgIpc) is 2.52. The molecule has 0 bridgehead atoms. The molecular weight excluding hydrogens is 272 g/mol. The van der Waals surface area contributed by atoms with Crippen LogP contribution in [0.15, 0.2) is 48.5 Å². The first-order valence-electron chi connectivity index (χ1n) is 6.24. The third-order valence-electron chi connectivity index (χ3n) is 2.87. The highest BCUT2D eigenvalue weighted by Gasteiger charge is 2.16. The van der Waals surface area contributed by atoms with Crippen LogP contribution in [0.3, 0.4) is 0 Å². The lowest BCUT2D eigenvalue weighted by Gasteiger charge is -2.11. The summed E-state index contributed by atoms with van der Waals surface area (Å²) in [6.07, 6.45) is 0. The summed E-state index contributed by atoms with van der Waals surface area (Å²) in [5, 5.41) is 9.01. The fraction of sp³-hybridized carbons (Fsp3) is 0.125. The van der Waals surface area contributed by atoms with Gasteiger partial charge < -0.3 is 14.6 Å². The minimum absolute atomic E-state index is 0.0470. The van der Waals surface area contributed by atoms with Crippen molar-refractivity contribution >= 4 is 11.9 Å². The van der Waals surface area contributed by atoms with Gasteiger partial charge in [-0.2, -0.15) is 0 Å². The maximum atomic E-state index is 11.7. The number of carbonyl (C=O) groups is 2. The molecule has 21 heavy (non-hydrogen) atoms. The summed E-state index contributed by atoms with van der Waals surface area (Å²) in [5.41, 5.74) is 1.15. The zero-order valence-corrected chi connectivity index (χ0v) is 11.4. The molecule has 0 aliphatic heterocycles. The minimum Gasteiger partial charge on any atom is -0.488 e. The molecule has 0 heterocycles. The van der Waals surface area contributed by atoms with Crippen molar-refractivity contribution in [2.45, 2.75) is 6.61 Å². The van der Waals surface area contributed by atoms with Crippen LogP contribution in [0.2, 0.25) is 0 Å². The van der Waals surface area contributed by atoms with Gasteiger partial charge in [-0.1, -0.05) is 30.3 Å². The number of methoxy groups -OCH3 is 1. The number of benzene rings is 2. The molecule has 0 saturated carbocycles. The highest BCUT2D eigenvalue weighted by atomic mass is 16.5. The summed E-state index contributed by atoms with van der Waals surface area (Å²) in [5.74, 6) is -1.48. The standard InChI is InChI=1S/C16H14O5/c1-20-16(19)13-8-7-12(15(17)18)9-14(13)21-10-11-5-3-2-4-6-11/h2-9H,10H2,1H3,(H,17,18). The van der Waals surface area contributed by atoms with Crippen molar-refractivity contribution in [3.05, 3.63) is 65.2 Å². The van der Waals surface area contributed by atoms with Crippen molar-refractivity contribution in [3.63, 3.8) is 0 Å². The lowest BCUT2D eigenvalue weighted by atomic mass is 10.1. The lowest BCUT2D eigenvalue weighted by molar-refractivity contribution is 0.0593. The van der Waals surface area contributed by atoms with Gasteiger partial charge in [0.1, 0.15) is 17.9 Å². The largest absolute Gasteiger partial charge is 0.488 e. The number of ether oxygens (including phenoxy) is 2. The van der Waals surface area contributed by atoms with E-state index in [0.717, 1.165) is 5.56 Å². The highest BCUT2D eigenvalue weighted by molar-refractivity contribution is 5.95. The molecule has 0 atom stereocenters. The maximum Gasteiger partial charge on any atom is 0.341 e. The normalized spacial score (nSPS) is 9.95. The first-order valence-corrected chi connectivity index (χ1v) is 6.24. The van der Waals surface area contributed by atoms with Crippen LogP contribution in [0.25, 0.3) is 0 Å². The molecule has 0 fully saturated rings. The number of hydrogen-bond acceptors (Lipinski definition) is 4. The second-order valence-corrected chi connectivity index (χ2v) is 4.28. The fourth-order valence-corrected chi connectivity index (χ4v) is 1.79. The first-order chi connectivity index (χ1) is 10.1. The van der Waals surface area contributed by atoms with Crippen LogP contribution >= 0.6 is 0 Å². The maximum absolute atomic E-state index is 11.7. The second kappa shape index (κ2) is 6.56. The molecule has 1 N–H and O–H groups in total. The van der Waals surface area contributed by atoms with Crippen molar-refractivity contribution < 1.29 is 24.2 Å². The van der Waals surface area contributed by atoms with Gasteiger partial charge in [-0.15, -0.1) is 0 Å². The molecule has 5 nitrogen and oxygen atoms in total. The van der Waals surface area contributed by atoms with Crippen molar-refractivity contribution in [1.82, 2.24) is 0 Å². The summed E-state index contributed by atoms with van der Waals surface area (Å²) >= 11 is 0. The Kier molecular flexibility index (Phi) is 4.56. The number of carboxylic acid groups (broad SMARTS) is 1. The van der Waals surface area contributed by atoms with Crippen LogP contribution in [0, 0.1) is 0 Å². The van der Waals surface area contributed by atoms with E-state index in [1.165, 1.54) is 25.3 Å². The minimum atomic E-state index is -1.09. The van der Waals surface area contributed by atoms with Crippen LogP contribution in [-0.2, 0) is 11.3 Å². The molecule has 0 radical (unpaired) electrons. The highest BCUT2D eigenvalue weighted by Crippen LogP contribution is 2.23. The summed E-state index contributed by atoms with van der Waals surface area (Å²) in [6.45, 7) is 0.230. The molecule has 0 aliphatic rings. The van der Waals surface area contributed by atoms with Gasteiger partial charge in [0.2, 0.25) is 0 Å². The molecule has 0 spiro atoms. The van der Waals surface area contributed by atoms with E-state index in [1.807, 2.05) is 30.3 Å². The molecule has 5 heteroatoms. The Balaban J connectivity index is 2.27. The smallest absolute Gasteiger partial charge is 0.341 e. The molecule has 2 aromatic rings. The van der Waals surface area contributed by atoms with E-state index >= 15 is 0 Å². The average molecular weight is 286 g/mol. The first kappa shape index (κ1) is 14.6. The predicted molar refractivity (Wildman–Crippen MR) is 75.5 cm³/mol. The Morgan fingerprint density at radius 1 is 1.10 bits per heavy atom. The Labute approximate surface area is 121 Å². The Morgan fingerprint density at radius 3 is 2.43 bits per heavy atom. The second-order valence-electron chi connectivity index (χ2n) is 4.28. The van der Waals surface area contributed by atoms with Gasteiger partial charge in [0.25, 0.3) is 0 Å². The van der Waals surface area contributed by atoms with Gasteiger partial charge in [-0.25, -0.2) is 9.59 Å². The van der Waals surface area contributed by atoms with Crippen LogP contribution < -0.4 is 4.74 Å². The van der Waals surface area contributed by atoms with E-state index in [-0.39, 0.29) is 23.5 Å². The van der Waals surface area contributed by atoms with Gasteiger partial charge in [0.15, 0.2) is 0 Å². The quantitative estimate of drug-likeness (QED) is 0.856. The van der Waals surface area contributed by atoms with Crippen molar-refractivity contribution in [1.29, 1.82) is 0 Å². The molecular formula is C16H14O5. The van der Waals surface area contributed by atoms with Gasteiger partial charge in [-0.05, 0) is 23.8 Å². The van der Waals surface area contributed by atoms with Crippen molar-refractivity contribution in [2.75, 3.05) is 7.11 Å². The predicted octanol–water partition coefficient (Wildman–Crippen LogP) is 2.75. The number of carbonyl (C=O) groups excluding carboxylic acids is 1. The monoisotopic (exact) mass is 286 g/mol. The zero-order valence-electron chi connectivity index (χ0n) is 11.4. The van der Waals surface area contributed by atoms with E-state index in [1.54, 1.807) is 0 Å². The molecule has 2 rings (SSSR count). The lowest BCUT2D eigenvalue weighted by Crippen LogP contribution is -2.08. The van der Waals surface area contributed by atoms with Crippen LogP contribution in [0.5, 0.6) is 5.75 Å². The van der Waals surface area contributed by atoms with Gasteiger partial charge in [-0.3, -0.25) is 0 Å². The van der Waals surface area contributed by atoms with E-state index in [4.69, 9.17) is 9.84 Å². The van der Waals surface area contributed by atoms with Crippen LogP contribution in [0.4, 0.5) is 0 Å². The number of aromatic carboxylic acids is 1. The third-order valence-corrected chi connectivity index (χ3v) is 2.87. The van der Waals surface area contributed by atoms with Crippen LogP contribution in [-0.4, -0.2) is 24.2 Å². The Hall–Kier alpha value is -2.82. The molecule has 0 unspecified atom stereocenters. The van der Waals surface area contributed by atoms with E-state index in [2.05, 4.69) is 4.74 Å².